The van der Waals surface area contributed by atoms with Crippen molar-refractivity contribution >= 4 is 49.3 Å². The van der Waals surface area contributed by atoms with Crippen molar-refractivity contribution in [2.75, 3.05) is 0 Å². The Hall–Kier alpha value is -1.32. The van der Waals surface area contributed by atoms with E-state index in [0.717, 1.165) is 15.5 Å². The highest BCUT2D eigenvalue weighted by Crippen LogP contribution is 2.20. The Morgan fingerprint density at radius 3 is 2.41 bits per heavy atom. The summed E-state index contributed by atoms with van der Waals surface area (Å²) < 4.78 is 0.886. The van der Waals surface area contributed by atoms with Gasteiger partial charge in [0.1, 0.15) is 0 Å². The number of hydrogen-bond acceptors (Lipinski definition) is 1. The zero-order chi connectivity index (χ0) is 12.0. The van der Waals surface area contributed by atoms with Gasteiger partial charge in [-0.25, -0.2) is 0 Å². The highest BCUT2D eigenvalue weighted by molar-refractivity contribution is 9.10. The predicted octanol–water partition coefficient (Wildman–Crippen LogP) is 4.10. The lowest BCUT2D eigenvalue weighted by molar-refractivity contribution is 1.47. The lowest BCUT2D eigenvalue weighted by atomic mass is 10.1. The molecule has 0 unspecified atom stereocenters. The number of H-pyrrole nitrogens is 1. The van der Waals surface area contributed by atoms with Gasteiger partial charge in [0.25, 0.3) is 0 Å². The van der Waals surface area contributed by atoms with E-state index < -0.39 is 0 Å². The molecule has 0 bridgehead atoms. The monoisotopic (exact) mass is 307 g/mol. The first-order valence-corrected chi connectivity index (χ1v) is 6.23. The second-order valence-electron chi connectivity index (χ2n) is 3.83. The van der Waals surface area contributed by atoms with Gasteiger partial charge in [-0.1, -0.05) is 27.5 Å². The molecular formula is C13H7BrClNO. The molecule has 1 aromatic heterocycles. The summed E-state index contributed by atoms with van der Waals surface area (Å²) in [5, 5.41) is 1.84. The van der Waals surface area contributed by atoms with Gasteiger partial charge in [-0.2, -0.15) is 0 Å². The highest BCUT2D eigenvalue weighted by atomic mass is 79.9. The summed E-state index contributed by atoms with van der Waals surface area (Å²) in [5.74, 6) is 0. The zero-order valence-electron chi connectivity index (χ0n) is 8.63. The number of benzene rings is 2. The minimum Gasteiger partial charge on any atom is -0.354 e. The average Bonchev–Trinajstić information content (AvgIpc) is 2.32. The Morgan fingerprint density at radius 2 is 1.65 bits per heavy atom. The minimum absolute atomic E-state index is 0.00227. The molecule has 0 amide bonds. The summed E-state index contributed by atoms with van der Waals surface area (Å²) in [5.41, 5.74) is 1.62. The maximum absolute atomic E-state index is 12.3. The third-order valence-corrected chi connectivity index (χ3v) is 3.45. The van der Waals surface area contributed by atoms with Crippen molar-refractivity contribution in [3.63, 3.8) is 0 Å². The van der Waals surface area contributed by atoms with Crippen LogP contribution in [0.15, 0.2) is 45.7 Å². The Kier molecular flexibility index (Phi) is 2.45. The van der Waals surface area contributed by atoms with Crippen LogP contribution >= 0.6 is 27.5 Å². The van der Waals surface area contributed by atoms with Crippen LogP contribution in [0.5, 0.6) is 0 Å². The lowest BCUT2D eigenvalue weighted by Crippen LogP contribution is -2.03. The van der Waals surface area contributed by atoms with E-state index in [0.29, 0.717) is 15.8 Å². The second kappa shape index (κ2) is 3.86. The summed E-state index contributed by atoms with van der Waals surface area (Å²) in [6, 6.07) is 10.9. The molecule has 1 heterocycles. The fraction of sp³-hybridized carbons (Fsp3) is 0. The quantitative estimate of drug-likeness (QED) is 0.623. The van der Waals surface area contributed by atoms with Crippen molar-refractivity contribution in [1.29, 1.82) is 0 Å². The second-order valence-corrected chi connectivity index (χ2v) is 5.19. The molecule has 2 aromatic carbocycles. The summed E-state index contributed by atoms with van der Waals surface area (Å²) in [6.07, 6.45) is 0. The molecule has 1 N–H and O–H groups in total. The topological polar surface area (TPSA) is 32.9 Å². The van der Waals surface area contributed by atoms with Gasteiger partial charge in [-0.05, 0) is 36.4 Å². The number of fused-ring (bicyclic) bond motifs is 2. The molecule has 0 fully saturated rings. The van der Waals surface area contributed by atoms with Crippen LogP contribution in [0.2, 0.25) is 5.02 Å². The molecule has 0 aliphatic carbocycles. The number of pyridine rings is 1. The summed E-state index contributed by atoms with van der Waals surface area (Å²) in [4.78, 5) is 15.5. The van der Waals surface area contributed by atoms with Gasteiger partial charge in [0, 0.05) is 31.3 Å². The Morgan fingerprint density at radius 1 is 1.00 bits per heavy atom. The van der Waals surface area contributed by atoms with Crippen molar-refractivity contribution in [3.8, 4) is 0 Å². The smallest absolute Gasteiger partial charge is 0.197 e. The van der Waals surface area contributed by atoms with E-state index in [9.17, 15) is 4.79 Å². The third kappa shape index (κ3) is 1.75. The van der Waals surface area contributed by atoms with Crippen molar-refractivity contribution in [3.05, 3.63) is 56.1 Å². The molecule has 0 aliphatic heterocycles. The van der Waals surface area contributed by atoms with E-state index in [1.807, 2.05) is 24.3 Å². The van der Waals surface area contributed by atoms with Crippen molar-refractivity contribution < 1.29 is 0 Å². The van der Waals surface area contributed by atoms with Gasteiger partial charge in [-0.15, -0.1) is 0 Å². The Labute approximate surface area is 110 Å². The molecule has 3 rings (SSSR count). The minimum atomic E-state index is -0.00227. The molecule has 4 heteroatoms. The van der Waals surface area contributed by atoms with E-state index in [-0.39, 0.29) is 5.43 Å². The van der Waals surface area contributed by atoms with Crippen LogP contribution in [0.4, 0.5) is 0 Å². The van der Waals surface area contributed by atoms with Gasteiger partial charge < -0.3 is 4.98 Å². The Bertz CT molecular complexity index is 731. The Balaban J connectivity index is 2.58. The molecule has 3 aromatic rings. The number of nitrogens with one attached hydrogen (secondary N) is 1. The average molecular weight is 309 g/mol. The molecule has 2 nitrogen and oxygen atoms in total. The van der Waals surface area contributed by atoms with Gasteiger partial charge in [0.05, 0.1) is 0 Å². The van der Waals surface area contributed by atoms with Gasteiger partial charge in [-0.3, -0.25) is 4.79 Å². The summed E-state index contributed by atoms with van der Waals surface area (Å²) in [7, 11) is 0. The number of hydrogen-bond donors (Lipinski definition) is 1. The maximum atomic E-state index is 12.3. The molecule has 0 radical (unpaired) electrons. The van der Waals surface area contributed by atoms with E-state index >= 15 is 0 Å². The lowest BCUT2D eigenvalue weighted by Gasteiger charge is -2.03. The third-order valence-electron chi connectivity index (χ3n) is 2.72. The van der Waals surface area contributed by atoms with Crippen molar-refractivity contribution in [1.82, 2.24) is 4.98 Å². The fourth-order valence-corrected chi connectivity index (χ4v) is 2.45. The molecular weight excluding hydrogens is 302 g/mol. The van der Waals surface area contributed by atoms with Crippen LogP contribution in [0, 0.1) is 0 Å². The SMILES string of the molecule is O=c1c2cc(Cl)ccc2[nH]c2ccc(Br)cc12. The standard InChI is InChI=1S/C13H7BrClNO/c14-7-1-3-11-9(5-7)13(17)10-6-8(15)2-4-12(10)16-11/h1-6H,(H,16,17). The molecule has 17 heavy (non-hydrogen) atoms. The van der Waals surface area contributed by atoms with Crippen molar-refractivity contribution in [2.24, 2.45) is 0 Å². The number of aromatic amines is 1. The number of rotatable bonds is 0. The largest absolute Gasteiger partial charge is 0.354 e. The molecule has 0 aliphatic rings. The normalized spacial score (nSPS) is 11.2. The molecule has 0 saturated heterocycles. The van der Waals surface area contributed by atoms with Gasteiger partial charge >= 0.3 is 0 Å². The first-order chi connectivity index (χ1) is 8.15. The maximum Gasteiger partial charge on any atom is 0.197 e. The van der Waals surface area contributed by atoms with E-state index in [4.69, 9.17) is 11.6 Å². The van der Waals surface area contributed by atoms with Gasteiger partial charge in [0.2, 0.25) is 0 Å². The number of halogens is 2. The van der Waals surface area contributed by atoms with Crippen LogP contribution in [-0.4, -0.2) is 4.98 Å². The summed E-state index contributed by atoms with van der Waals surface area (Å²) in [6.45, 7) is 0. The summed E-state index contributed by atoms with van der Waals surface area (Å²) >= 11 is 9.28. The fourth-order valence-electron chi connectivity index (χ4n) is 1.92. The zero-order valence-corrected chi connectivity index (χ0v) is 11.0. The predicted molar refractivity (Wildman–Crippen MR) is 74.8 cm³/mol. The molecule has 84 valence electrons. The molecule has 0 spiro atoms. The molecule has 0 saturated carbocycles. The van der Waals surface area contributed by atoms with Crippen LogP contribution in [0.25, 0.3) is 21.8 Å². The first-order valence-electron chi connectivity index (χ1n) is 5.06. The van der Waals surface area contributed by atoms with Crippen molar-refractivity contribution in [2.45, 2.75) is 0 Å². The van der Waals surface area contributed by atoms with Gasteiger partial charge in [0.15, 0.2) is 5.43 Å². The van der Waals surface area contributed by atoms with Crippen LogP contribution in [-0.2, 0) is 0 Å². The highest BCUT2D eigenvalue weighted by Gasteiger charge is 2.06. The van der Waals surface area contributed by atoms with E-state index in [2.05, 4.69) is 20.9 Å². The van der Waals surface area contributed by atoms with E-state index in [1.54, 1.807) is 12.1 Å². The van der Waals surface area contributed by atoms with Crippen LogP contribution < -0.4 is 5.43 Å². The molecule has 0 atom stereocenters. The first kappa shape index (κ1) is 10.8. The van der Waals surface area contributed by atoms with Crippen LogP contribution in [0.1, 0.15) is 0 Å². The van der Waals surface area contributed by atoms with E-state index in [1.165, 1.54) is 0 Å². The van der Waals surface area contributed by atoms with Crippen LogP contribution in [0.3, 0.4) is 0 Å². The number of aromatic nitrogens is 1.